The van der Waals surface area contributed by atoms with Gasteiger partial charge in [0.1, 0.15) is 22.8 Å². The minimum atomic E-state index is -1.02. The van der Waals surface area contributed by atoms with Crippen LogP contribution in [0.3, 0.4) is 0 Å². The van der Waals surface area contributed by atoms with Crippen LogP contribution in [-0.4, -0.2) is 35.6 Å². The quantitative estimate of drug-likeness (QED) is 0.199. The first-order valence-corrected chi connectivity index (χ1v) is 12.8. The molecule has 0 amide bonds. The lowest BCUT2D eigenvalue weighted by atomic mass is 10.1. The number of carboxylic acid groups (broad SMARTS) is 1. The highest BCUT2D eigenvalue weighted by molar-refractivity contribution is 5.91. The predicted octanol–water partition coefficient (Wildman–Crippen LogP) is 6.65. The van der Waals surface area contributed by atoms with Crippen molar-refractivity contribution in [3.8, 4) is 23.0 Å². The van der Waals surface area contributed by atoms with Gasteiger partial charge in [0.15, 0.2) is 6.29 Å². The molecule has 7 nitrogen and oxygen atoms in total. The van der Waals surface area contributed by atoms with E-state index >= 15 is 0 Å². The number of ether oxygens (including phenoxy) is 3. The van der Waals surface area contributed by atoms with Crippen LogP contribution in [0.4, 0.5) is 0 Å². The number of aromatic carboxylic acids is 1. The van der Waals surface area contributed by atoms with Crippen LogP contribution in [0, 0.1) is 13.8 Å². The molecule has 1 aromatic heterocycles. The molecule has 0 aliphatic rings. The van der Waals surface area contributed by atoms with E-state index in [2.05, 4.69) is 4.98 Å². The second-order valence-corrected chi connectivity index (χ2v) is 8.93. The summed E-state index contributed by atoms with van der Waals surface area (Å²) in [5, 5.41) is 9.51. The van der Waals surface area contributed by atoms with Gasteiger partial charge in [-0.05, 0) is 68.7 Å². The molecule has 0 aliphatic carbocycles. The highest BCUT2D eigenvalue weighted by Crippen LogP contribution is 2.26. The summed E-state index contributed by atoms with van der Waals surface area (Å²) >= 11 is 0. The Balaban J connectivity index is 1.29. The molecule has 0 fully saturated rings. The van der Waals surface area contributed by atoms with E-state index in [1.54, 1.807) is 12.1 Å². The van der Waals surface area contributed by atoms with Crippen molar-refractivity contribution in [1.29, 1.82) is 0 Å². The SMILES string of the molecule is CCOC(CCc1ccc(OCCc2nc(-c3ccccc3)oc2C)cc1)Oc1c(C)cccc1C(=O)O. The third kappa shape index (κ3) is 7.01. The Kier molecular flexibility index (Phi) is 9.16. The summed E-state index contributed by atoms with van der Waals surface area (Å²) in [5.74, 6) is 1.53. The molecule has 1 N–H and O–H groups in total. The maximum Gasteiger partial charge on any atom is 0.339 e. The Morgan fingerprint density at radius 1 is 0.974 bits per heavy atom. The zero-order valence-electron chi connectivity index (χ0n) is 22.0. The van der Waals surface area contributed by atoms with Gasteiger partial charge in [-0.2, -0.15) is 0 Å². The van der Waals surface area contributed by atoms with Crippen LogP contribution < -0.4 is 9.47 Å². The highest BCUT2D eigenvalue weighted by Gasteiger charge is 2.19. The van der Waals surface area contributed by atoms with Gasteiger partial charge < -0.3 is 23.7 Å². The number of hydrogen-bond donors (Lipinski definition) is 1. The van der Waals surface area contributed by atoms with Gasteiger partial charge in [0.05, 0.1) is 12.3 Å². The lowest BCUT2D eigenvalue weighted by Crippen LogP contribution is -2.23. The topological polar surface area (TPSA) is 91.0 Å². The number of nitrogens with zero attached hydrogens (tertiary/aromatic N) is 1. The van der Waals surface area contributed by atoms with Crippen molar-refractivity contribution in [3.63, 3.8) is 0 Å². The van der Waals surface area contributed by atoms with Gasteiger partial charge in [0.2, 0.25) is 5.89 Å². The lowest BCUT2D eigenvalue weighted by Gasteiger charge is -2.21. The second kappa shape index (κ2) is 12.9. The molecular weight excluding hydrogens is 482 g/mol. The summed E-state index contributed by atoms with van der Waals surface area (Å²) in [6.07, 6.45) is 1.38. The summed E-state index contributed by atoms with van der Waals surface area (Å²) in [7, 11) is 0. The molecule has 1 atom stereocenters. The van der Waals surface area contributed by atoms with E-state index in [9.17, 15) is 9.90 Å². The molecule has 4 aromatic rings. The number of oxazole rings is 1. The van der Waals surface area contributed by atoms with E-state index in [1.165, 1.54) is 0 Å². The van der Waals surface area contributed by atoms with E-state index < -0.39 is 12.3 Å². The molecule has 0 spiro atoms. The summed E-state index contributed by atoms with van der Waals surface area (Å²) in [6.45, 7) is 6.59. The van der Waals surface area contributed by atoms with Crippen LogP contribution in [-0.2, 0) is 17.6 Å². The molecule has 1 unspecified atom stereocenters. The minimum Gasteiger partial charge on any atom is -0.493 e. The van der Waals surface area contributed by atoms with Crippen molar-refractivity contribution in [2.24, 2.45) is 0 Å². The predicted molar refractivity (Wildman–Crippen MR) is 145 cm³/mol. The molecule has 0 radical (unpaired) electrons. The monoisotopic (exact) mass is 515 g/mol. The van der Waals surface area contributed by atoms with Crippen molar-refractivity contribution in [3.05, 3.63) is 101 Å². The first kappa shape index (κ1) is 26.9. The van der Waals surface area contributed by atoms with Gasteiger partial charge in [-0.3, -0.25) is 0 Å². The van der Waals surface area contributed by atoms with Crippen LogP contribution >= 0.6 is 0 Å². The van der Waals surface area contributed by atoms with E-state index in [1.807, 2.05) is 81.4 Å². The zero-order valence-corrected chi connectivity index (χ0v) is 22.0. The van der Waals surface area contributed by atoms with Crippen LogP contribution in [0.5, 0.6) is 11.5 Å². The Morgan fingerprint density at radius 3 is 2.45 bits per heavy atom. The lowest BCUT2D eigenvalue weighted by molar-refractivity contribution is -0.0799. The third-order valence-electron chi connectivity index (χ3n) is 6.16. The fraction of sp³-hybridized carbons (Fsp3) is 0.290. The molecule has 1 heterocycles. The molecule has 0 saturated heterocycles. The van der Waals surface area contributed by atoms with Gasteiger partial charge in [-0.1, -0.05) is 42.5 Å². The molecule has 38 heavy (non-hydrogen) atoms. The second-order valence-electron chi connectivity index (χ2n) is 8.93. The molecular formula is C31H33NO6. The molecule has 198 valence electrons. The van der Waals surface area contributed by atoms with Crippen molar-refractivity contribution in [2.75, 3.05) is 13.2 Å². The first-order chi connectivity index (χ1) is 18.4. The maximum atomic E-state index is 11.6. The number of benzene rings is 3. The van der Waals surface area contributed by atoms with E-state index in [4.69, 9.17) is 18.6 Å². The van der Waals surface area contributed by atoms with Gasteiger partial charge in [0, 0.05) is 25.0 Å². The average molecular weight is 516 g/mol. The van der Waals surface area contributed by atoms with E-state index in [0.717, 1.165) is 33.9 Å². The largest absolute Gasteiger partial charge is 0.493 e. The summed E-state index contributed by atoms with van der Waals surface area (Å²) in [4.78, 5) is 16.2. The molecule has 0 aliphatic heterocycles. The number of para-hydroxylation sites is 1. The van der Waals surface area contributed by atoms with Gasteiger partial charge >= 0.3 is 5.97 Å². The Labute approximate surface area is 223 Å². The normalized spacial score (nSPS) is 11.8. The number of rotatable bonds is 13. The smallest absolute Gasteiger partial charge is 0.339 e. The Bertz CT molecular complexity index is 1330. The highest BCUT2D eigenvalue weighted by atomic mass is 16.7. The van der Waals surface area contributed by atoms with Crippen LogP contribution in [0.2, 0.25) is 0 Å². The van der Waals surface area contributed by atoms with Crippen molar-refractivity contribution in [1.82, 2.24) is 4.98 Å². The van der Waals surface area contributed by atoms with Crippen LogP contribution in [0.25, 0.3) is 11.5 Å². The minimum absolute atomic E-state index is 0.133. The molecule has 0 bridgehead atoms. The van der Waals surface area contributed by atoms with Crippen LogP contribution in [0.15, 0.2) is 77.2 Å². The zero-order chi connectivity index (χ0) is 26.9. The van der Waals surface area contributed by atoms with Gasteiger partial charge in [0.25, 0.3) is 0 Å². The summed E-state index contributed by atoms with van der Waals surface area (Å²) in [6, 6.07) is 22.9. The summed E-state index contributed by atoms with van der Waals surface area (Å²) in [5.41, 5.74) is 3.84. The Hall–Kier alpha value is -4.10. The number of aryl methyl sites for hydroxylation is 3. The molecule has 3 aromatic carbocycles. The van der Waals surface area contributed by atoms with Crippen molar-refractivity contribution in [2.45, 2.75) is 46.3 Å². The fourth-order valence-electron chi connectivity index (χ4n) is 4.14. The fourth-order valence-corrected chi connectivity index (χ4v) is 4.14. The molecule has 4 rings (SSSR count). The van der Waals surface area contributed by atoms with Crippen LogP contribution in [0.1, 0.15) is 46.3 Å². The van der Waals surface area contributed by atoms with E-state index in [0.29, 0.717) is 44.1 Å². The average Bonchev–Trinajstić information content (AvgIpc) is 3.30. The van der Waals surface area contributed by atoms with Crippen molar-refractivity contribution < 1.29 is 28.5 Å². The van der Waals surface area contributed by atoms with Gasteiger partial charge in [-0.25, -0.2) is 9.78 Å². The van der Waals surface area contributed by atoms with Crippen molar-refractivity contribution >= 4 is 5.97 Å². The standard InChI is InChI=1S/C31H33NO6/c1-4-35-28(38-29-21(2)9-8-12-26(29)31(33)34)18-15-23-13-16-25(17-14-23)36-20-19-27-22(3)37-30(32-27)24-10-6-5-7-11-24/h5-14,16-17,28H,4,15,18-20H2,1-3H3,(H,33,34). The summed E-state index contributed by atoms with van der Waals surface area (Å²) < 4.78 is 23.5. The van der Waals surface area contributed by atoms with E-state index in [-0.39, 0.29) is 5.56 Å². The Morgan fingerprint density at radius 2 is 1.74 bits per heavy atom. The molecule has 7 heteroatoms. The number of carboxylic acids is 1. The van der Waals surface area contributed by atoms with Gasteiger partial charge in [-0.15, -0.1) is 0 Å². The number of aromatic nitrogens is 1. The number of hydrogen-bond acceptors (Lipinski definition) is 6. The third-order valence-corrected chi connectivity index (χ3v) is 6.16. The first-order valence-electron chi connectivity index (χ1n) is 12.8. The number of carbonyl (C=O) groups is 1. The molecule has 0 saturated carbocycles. The maximum absolute atomic E-state index is 11.6.